The quantitative estimate of drug-likeness (QED) is 0.162. The van der Waals surface area contributed by atoms with Crippen LogP contribution >= 0.6 is 0 Å². The third-order valence-electron chi connectivity index (χ3n) is 9.16. The van der Waals surface area contributed by atoms with Crippen LogP contribution in [0.2, 0.25) is 0 Å². The van der Waals surface area contributed by atoms with E-state index in [0.717, 1.165) is 25.9 Å². The monoisotopic (exact) mass is 580 g/mol. The van der Waals surface area contributed by atoms with E-state index in [1.54, 1.807) is 0 Å². The zero-order chi connectivity index (χ0) is 31.4. The van der Waals surface area contributed by atoms with E-state index in [1.807, 2.05) is 0 Å². The van der Waals surface area contributed by atoms with E-state index in [2.05, 4.69) is 162 Å². The van der Waals surface area contributed by atoms with E-state index in [9.17, 15) is 0 Å². The lowest BCUT2D eigenvalue weighted by Crippen LogP contribution is -2.18. The van der Waals surface area contributed by atoms with Crippen molar-refractivity contribution in [3.63, 3.8) is 0 Å². The van der Waals surface area contributed by atoms with Crippen LogP contribution in [-0.4, -0.2) is 13.1 Å². The van der Waals surface area contributed by atoms with Gasteiger partial charge in [-0.3, -0.25) is 0 Å². The minimum absolute atomic E-state index is 0.924. The van der Waals surface area contributed by atoms with E-state index in [0.29, 0.717) is 0 Å². The highest BCUT2D eigenvalue weighted by atomic mass is 15.1. The van der Waals surface area contributed by atoms with Crippen molar-refractivity contribution in [3.05, 3.63) is 130 Å². The number of anilines is 4. The normalized spacial score (nSPS) is 11.1. The largest absolute Gasteiger partial charge is 0.342 e. The van der Waals surface area contributed by atoms with Crippen LogP contribution in [-0.2, 0) is 12.8 Å². The molecule has 0 unspecified atom stereocenters. The van der Waals surface area contributed by atoms with Crippen molar-refractivity contribution in [3.8, 4) is 22.3 Å². The molecule has 226 valence electrons. The number of benzene rings is 5. The van der Waals surface area contributed by atoms with Crippen LogP contribution in [0.1, 0.15) is 61.1 Å². The topological polar surface area (TPSA) is 6.48 Å². The smallest absolute Gasteiger partial charge is 0.0443 e. The maximum absolute atomic E-state index is 2.44. The van der Waals surface area contributed by atoms with Gasteiger partial charge in [-0.2, -0.15) is 0 Å². The molecule has 0 amide bonds. The standard InChI is InChI=1S/C42H48N2/c1-9-33-17-13-15-19-39(33)43(11-3)35-23-25-37(31(7)27-35)41-29(5)21-22-30(6)42(41)38-26-24-36(28-32(38)8)44(12-4)40-20-16-14-18-34(40)10-2/h13-28H,9-12H2,1-8H3. The molecule has 5 rings (SSSR count). The van der Waals surface area contributed by atoms with Crippen LogP contribution in [0, 0.1) is 27.7 Å². The number of rotatable bonds is 10. The summed E-state index contributed by atoms with van der Waals surface area (Å²) in [6.45, 7) is 19.9. The van der Waals surface area contributed by atoms with Gasteiger partial charge in [0.2, 0.25) is 0 Å². The Morgan fingerprint density at radius 1 is 0.432 bits per heavy atom. The van der Waals surface area contributed by atoms with Gasteiger partial charge in [0.15, 0.2) is 0 Å². The van der Waals surface area contributed by atoms with Crippen LogP contribution in [0.5, 0.6) is 0 Å². The average Bonchev–Trinajstić information content (AvgIpc) is 3.04. The first-order valence-electron chi connectivity index (χ1n) is 16.4. The van der Waals surface area contributed by atoms with Gasteiger partial charge in [-0.15, -0.1) is 0 Å². The summed E-state index contributed by atoms with van der Waals surface area (Å²) in [6.07, 6.45) is 2.05. The van der Waals surface area contributed by atoms with E-state index in [1.165, 1.54) is 78.4 Å². The van der Waals surface area contributed by atoms with Gasteiger partial charge >= 0.3 is 0 Å². The Hall–Kier alpha value is -4.30. The molecule has 0 aliphatic carbocycles. The van der Waals surface area contributed by atoms with Gasteiger partial charge in [-0.1, -0.05) is 74.5 Å². The first-order chi connectivity index (χ1) is 21.3. The molecule has 0 N–H and O–H groups in total. The summed E-state index contributed by atoms with van der Waals surface area (Å²) < 4.78 is 0. The second-order valence-electron chi connectivity index (χ2n) is 11.9. The molecule has 0 heterocycles. The van der Waals surface area contributed by atoms with Crippen molar-refractivity contribution in [1.29, 1.82) is 0 Å². The minimum Gasteiger partial charge on any atom is -0.342 e. The Kier molecular flexibility index (Phi) is 9.59. The lowest BCUT2D eigenvalue weighted by Gasteiger charge is -2.28. The Morgan fingerprint density at radius 3 is 1.16 bits per heavy atom. The predicted octanol–water partition coefficient (Wildman–Crippen LogP) is 11.7. The second-order valence-corrected chi connectivity index (χ2v) is 11.9. The van der Waals surface area contributed by atoms with E-state index >= 15 is 0 Å². The van der Waals surface area contributed by atoms with Gasteiger partial charge in [0.1, 0.15) is 0 Å². The molecule has 0 aliphatic rings. The fourth-order valence-corrected chi connectivity index (χ4v) is 6.83. The Balaban J connectivity index is 1.59. The van der Waals surface area contributed by atoms with Crippen molar-refractivity contribution in [1.82, 2.24) is 0 Å². The Morgan fingerprint density at radius 2 is 0.818 bits per heavy atom. The number of nitrogens with zero attached hydrogens (tertiary/aromatic N) is 2. The summed E-state index contributed by atoms with van der Waals surface area (Å²) in [6, 6.07) is 36.2. The highest BCUT2D eigenvalue weighted by Crippen LogP contribution is 2.43. The highest BCUT2D eigenvalue weighted by molar-refractivity contribution is 5.91. The number of para-hydroxylation sites is 2. The molecule has 2 heteroatoms. The van der Waals surface area contributed by atoms with Crippen LogP contribution in [0.3, 0.4) is 0 Å². The summed E-state index contributed by atoms with van der Waals surface area (Å²) in [4.78, 5) is 4.89. The summed E-state index contributed by atoms with van der Waals surface area (Å²) >= 11 is 0. The highest BCUT2D eigenvalue weighted by Gasteiger charge is 2.20. The van der Waals surface area contributed by atoms with Gasteiger partial charge in [-0.05, 0) is 146 Å². The number of hydrogen-bond donors (Lipinski definition) is 0. The molecule has 0 saturated heterocycles. The fraction of sp³-hybridized carbons (Fsp3) is 0.286. The zero-order valence-corrected chi connectivity index (χ0v) is 28.0. The molecule has 0 aromatic heterocycles. The van der Waals surface area contributed by atoms with Crippen LogP contribution in [0.4, 0.5) is 22.7 Å². The van der Waals surface area contributed by atoms with E-state index < -0.39 is 0 Å². The molecule has 5 aromatic carbocycles. The number of aryl methyl sites for hydroxylation is 6. The first kappa shape index (κ1) is 31.1. The molecule has 0 fully saturated rings. The van der Waals surface area contributed by atoms with Gasteiger partial charge in [-0.25, -0.2) is 0 Å². The van der Waals surface area contributed by atoms with Crippen molar-refractivity contribution < 1.29 is 0 Å². The second kappa shape index (κ2) is 13.6. The van der Waals surface area contributed by atoms with Gasteiger partial charge in [0.25, 0.3) is 0 Å². The molecular formula is C42H48N2. The lowest BCUT2D eigenvalue weighted by molar-refractivity contribution is 0.995. The van der Waals surface area contributed by atoms with E-state index in [-0.39, 0.29) is 0 Å². The molecule has 0 radical (unpaired) electrons. The van der Waals surface area contributed by atoms with Gasteiger partial charge in [0.05, 0.1) is 0 Å². The molecule has 0 atom stereocenters. The molecule has 0 aliphatic heterocycles. The predicted molar refractivity (Wildman–Crippen MR) is 193 cm³/mol. The Labute approximate surface area is 266 Å². The minimum atomic E-state index is 0.924. The third kappa shape index (κ3) is 5.91. The van der Waals surface area contributed by atoms with Gasteiger partial charge < -0.3 is 9.80 Å². The van der Waals surface area contributed by atoms with Crippen LogP contribution < -0.4 is 9.80 Å². The first-order valence-corrected chi connectivity index (χ1v) is 16.4. The molecule has 0 bridgehead atoms. The Bertz CT molecular complexity index is 1630. The molecule has 2 nitrogen and oxygen atoms in total. The fourth-order valence-electron chi connectivity index (χ4n) is 6.83. The summed E-state index contributed by atoms with van der Waals surface area (Å²) in [5.74, 6) is 0. The van der Waals surface area contributed by atoms with Crippen LogP contribution in [0.15, 0.2) is 97.1 Å². The van der Waals surface area contributed by atoms with Crippen molar-refractivity contribution in [2.45, 2.75) is 68.2 Å². The van der Waals surface area contributed by atoms with Crippen LogP contribution in [0.25, 0.3) is 22.3 Å². The van der Waals surface area contributed by atoms with Crippen molar-refractivity contribution in [2.24, 2.45) is 0 Å². The maximum Gasteiger partial charge on any atom is 0.0443 e. The third-order valence-corrected chi connectivity index (χ3v) is 9.16. The average molecular weight is 581 g/mol. The summed E-state index contributed by atoms with van der Waals surface area (Å²) in [5, 5.41) is 0. The molecule has 44 heavy (non-hydrogen) atoms. The molecular weight excluding hydrogens is 532 g/mol. The molecule has 0 saturated carbocycles. The maximum atomic E-state index is 2.44. The summed E-state index contributed by atoms with van der Waals surface area (Å²) in [5.41, 5.74) is 18.4. The SMILES string of the molecule is CCc1ccccc1N(CC)c1ccc(-c2c(C)ccc(C)c2-c2ccc(N(CC)c3ccccc3CC)cc2C)c(C)c1. The van der Waals surface area contributed by atoms with Gasteiger partial charge in [0, 0.05) is 35.8 Å². The molecule has 5 aromatic rings. The summed E-state index contributed by atoms with van der Waals surface area (Å²) in [7, 11) is 0. The van der Waals surface area contributed by atoms with Crippen molar-refractivity contribution in [2.75, 3.05) is 22.9 Å². The van der Waals surface area contributed by atoms with Crippen molar-refractivity contribution >= 4 is 22.7 Å². The number of hydrogen-bond acceptors (Lipinski definition) is 2. The van der Waals surface area contributed by atoms with E-state index in [4.69, 9.17) is 0 Å². The lowest BCUT2D eigenvalue weighted by atomic mass is 9.84. The zero-order valence-electron chi connectivity index (χ0n) is 28.0. The molecule has 0 spiro atoms.